The molecule has 0 bridgehead atoms. The Hall–Kier alpha value is -1.67. The summed E-state index contributed by atoms with van der Waals surface area (Å²) in [5.41, 5.74) is 3.82. The number of halogens is 2. The molecular weight excluding hydrogens is 483 g/mol. The molecule has 1 heterocycles. The van der Waals surface area contributed by atoms with Crippen molar-refractivity contribution in [3.63, 3.8) is 0 Å². The van der Waals surface area contributed by atoms with Gasteiger partial charge in [0.1, 0.15) is 6.33 Å². The van der Waals surface area contributed by atoms with E-state index >= 15 is 0 Å². The van der Waals surface area contributed by atoms with Gasteiger partial charge in [0.2, 0.25) is 0 Å². The molecule has 3 rings (SSSR count). The summed E-state index contributed by atoms with van der Waals surface area (Å²) in [5, 5.41) is 0. The van der Waals surface area contributed by atoms with Crippen molar-refractivity contribution >= 4 is 38.5 Å². The first-order valence-corrected chi connectivity index (χ1v) is 8.99. The average molecular weight is 497 g/mol. The highest BCUT2D eigenvalue weighted by Gasteiger charge is 2.17. The Morgan fingerprint density at radius 1 is 0.958 bits per heavy atom. The predicted octanol–water partition coefficient (Wildman–Crippen LogP) is 5.19. The van der Waals surface area contributed by atoms with Crippen molar-refractivity contribution in [1.29, 1.82) is 0 Å². The topological polar surface area (TPSA) is 44.2 Å². The van der Waals surface area contributed by atoms with E-state index < -0.39 is 0 Å². The fourth-order valence-electron chi connectivity index (χ4n) is 2.46. The molecule has 0 fully saturated rings. The molecule has 0 spiro atoms. The lowest BCUT2D eigenvalue weighted by Gasteiger charge is -2.14. The molecule has 0 aliphatic rings. The van der Waals surface area contributed by atoms with E-state index in [9.17, 15) is 0 Å². The molecule has 6 heteroatoms. The molecule has 0 unspecified atom stereocenters. The monoisotopic (exact) mass is 496 g/mol. The lowest BCUT2D eigenvalue weighted by Crippen LogP contribution is -1.96. The van der Waals surface area contributed by atoms with Gasteiger partial charge in [-0.2, -0.15) is 0 Å². The van der Waals surface area contributed by atoms with Crippen LogP contribution in [0.25, 0.3) is 22.4 Å². The van der Waals surface area contributed by atoms with E-state index in [-0.39, 0.29) is 0 Å². The van der Waals surface area contributed by atoms with E-state index in [1.807, 2.05) is 42.6 Å². The summed E-state index contributed by atoms with van der Waals surface area (Å²) in [6.45, 7) is 0. The van der Waals surface area contributed by atoms with Crippen molar-refractivity contribution < 1.29 is 9.47 Å². The number of rotatable bonds is 4. The minimum absolute atomic E-state index is 0.676. The van der Waals surface area contributed by atoms with Gasteiger partial charge in [0, 0.05) is 30.9 Å². The van der Waals surface area contributed by atoms with Crippen molar-refractivity contribution in [2.75, 3.05) is 14.2 Å². The third kappa shape index (κ3) is 3.25. The molecule has 0 atom stereocenters. The van der Waals surface area contributed by atoms with Gasteiger partial charge in [-0.1, -0.05) is 34.1 Å². The maximum absolute atomic E-state index is 5.44. The fraction of sp³-hybridized carbons (Fsp3) is 0.111. The van der Waals surface area contributed by atoms with Crippen LogP contribution >= 0.6 is 38.5 Å². The van der Waals surface area contributed by atoms with Gasteiger partial charge in [-0.15, -0.1) is 0 Å². The van der Waals surface area contributed by atoms with E-state index in [4.69, 9.17) is 9.47 Å². The van der Waals surface area contributed by atoms with Gasteiger partial charge in [-0.3, -0.25) is 0 Å². The molecule has 0 saturated heterocycles. The molecule has 2 aromatic carbocycles. The number of hydrogen-bond acceptors (Lipinski definition) is 4. The van der Waals surface area contributed by atoms with E-state index in [1.165, 1.54) is 0 Å². The highest BCUT2D eigenvalue weighted by Crippen LogP contribution is 2.40. The third-order valence-electron chi connectivity index (χ3n) is 3.60. The Kier molecular flexibility index (Phi) is 5.35. The highest BCUT2D eigenvalue weighted by molar-refractivity contribution is 14.1. The number of ether oxygens (including phenoxy) is 2. The maximum atomic E-state index is 5.44. The summed E-state index contributed by atoms with van der Waals surface area (Å²) in [5.74, 6) is 1.37. The lowest BCUT2D eigenvalue weighted by atomic mass is 10.0. The number of nitrogens with zero attached hydrogens (tertiary/aromatic N) is 2. The summed E-state index contributed by atoms with van der Waals surface area (Å²) in [7, 11) is 3.26. The largest absolute Gasteiger partial charge is 0.493 e. The Labute approximate surface area is 162 Å². The number of benzene rings is 2. The molecule has 0 N–H and O–H groups in total. The first-order valence-electron chi connectivity index (χ1n) is 7.12. The van der Waals surface area contributed by atoms with E-state index in [0.29, 0.717) is 11.5 Å². The minimum Gasteiger partial charge on any atom is -0.493 e. The molecule has 0 amide bonds. The van der Waals surface area contributed by atoms with Crippen LogP contribution in [0.1, 0.15) is 0 Å². The van der Waals surface area contributed by atoms with Crippen molar-refractivity contribution in [2.45, 2.75) is 0 Å². The van der Waals surface area contributed by atoms with Crippen LogP contribution < -0.4 is 9.47 Å². The second-order valence-corrected chi connectivity index (χ2v) is 6.97. The van der Waals surface area contributed by atoms with Gasteiger partial charge < -0.3 is 9.47 Å². The number of aromatic nitrogens is 2. The quantitative estimate of drug-likeness (QED) is 0.466. The van der Waals surface area contributed by atoms with Crippen LogP contribution in [-0.4, -0.2) is 24.2 Å². The molecule has 3 aromatic rings. The molecule has 122 valence electrons. The van der Waals surface area contributed by atoms with Crippen molar-refractivity contribution in [3.8, 4) is 33.9 Å². The molecule has 0 aliphatic carbocycles. The second kappa shape index (κ2) is 7.48. The minimum atomic E-state index is 0.676. The van der Waals surface area contributed by atoms with Gasteiger partial charge in [0.25, 0.3) is 0 Å². The van der Waals surface area contributed by atoms with Crippen LogP contribution in [0.15, 0.2) is 53.4 Å². The Balaban J connectivity index is 2.24. The molecule has 0 radical (unpaired) electrons. The SMILES string of the molecule is COc1cc(I)c(-c2cncnc2-c2ccccc2Br)cc1OC. The standard InChI is InChI=1S/C18H14BrIN2O2/c1-23-16-7-12(15(20)8-17(16)24-2)13-9-21-10-22-18(13)11-5-3-4-6-14(11)19/h3-10H,1-2H3. The van der Waals surface area contributed by atoms with Gasteiger partial charge in [-0.25, -0.2) is 9.97 Å². The van der Waals surface area contributed by atoms with Crippen molar-refractivity contribution in [2.24, 2.45) is 0 Å². The summed E-state index contributed by atoms with van der Waals surface area (Å²) in [4.78, 5) is 8.72. The zero-order chi connectivity index (χ0) is 17.1. The summed E-state index contributed by atoms with van der Waals surface area (Å²) < 4.78 is 12.8. The van der Waals surface area contributed by atoms with Gasteiger partial charge in [0.05, 0.1) is 19.9 Å². The second-order valence-electron chi connectivity index (χ2n) is 4.95. The van der Waals surface area contributed by atoms with Gasteiger partial charge >= 0.3 is 0 Å². The Morgan fingerprint density at radius 2 is 1.67 bits per heavy atom. The summed E-state index contributed by atoms with van der Waals surface area (Å²) in [6.07, 6.45) is 3.39. The number of hydrogen-bond donors (Lipinski definition) is 0. The molecule has 0 aliphatic heterocycles. The van der Waals surface area contributed by atoms with Crippen LogP contribution in [0.5, 0.6) is 11.5 Å². The van der Waals surface area contributed by atoms with Gasteiger partial charge in [0.15, 0.2) is 11.5 Å². The van der Waals surface area contributed by atoms with Crippen LogP contribution in [0.4, 0.5) is 0 Å². The van der Waals surface area contributed by atoms with E-state index in [2.05, 4.69) is 48.5 Å². The van der Waals surface area contributed by atoms with Crippen LogP contribution in [0, 0.1) is 3.57 Å². The highest BCUT2D eigenvalue weighted by atomic mass is 127. The normalized spacial score (nSPS) is 10.5. The van der Waals surface area contributed by atoms with E-state index in [1.54, 1.807) is 20.5 Å². The third-order valence-corrected chi connectivity index (χ3v) is 5.19. The zero-order valence-electron chi connectivity index (χ0n) is 13.1. The van der Waals surface area contributed by atoms with Crippen molar-refractivity contribution in [1.82, 2.24) is 9.97 Å². The van der Waals surface area contributed by atoms with Gasteiger partial charge in [-0.05, 0) is 40.8 Å². The molecule has 0 saturated carbocycles. The smallest absolute Gasteiger partial charge is 0.161 e. The Morgan fingerprint density at radius 3 is 2.38 bits per heavy atom. The fourth-order valence-corrected chi connectivity index (χ4v) is 3.66. The molecule has 24 heavy (non-hydrogen) atoms. The first-order chi connectivity index (χ1) is 11.7. The van der Waals surface area contributed by atoms with Crippen LogP contribution in [0.2, 0.25) is 0 Å². The summed E-state index contributed by atoms with van der Waals surface area (Å²) in [6, 6.07) is 11.9. The van der Waals surface area contributed by atoms with Crippen LogP contribution in [-0.2, 0) is 0 Å². The maximum Gasteiger partial charge on any atom is 0.161 e. The Bertz CT molecular complexity index is 887. The zero-order valence-corrected chi connectivity index (χ0v) is 16.8. The molecule has 4 nitrogen and oxygen atoms in total. The van der Waals surface area contributed by atoms with E-state index in [0.717, 1.165) is 30.4 Å². The first kappa shape index (κ1) is 17.2. The average Bonchev–Trinajstić information content (AvgIpc) is 2.62. The number of methoxy groups -OCH3 is 2. The molecule has 1 aromatic heterocycles. The van der Waals surface area contributed by atoms with Crippen molar-refractivity contribution in [3.05, 3.63) is 57.0 Å². The lowest BCUT2D eigenvalue weighted by molar-refractivity contribution is 0.355. The predicted molar refractivity (Wildman–Crippen MR) is 106 cm³/mol. The van der Waals surface area contributed by atoms with Crippen LogP contribution in [0.3, 0.4) is 0 Å². The molecular formula is C18H14BrIN2O2. The summed E-state index contributed by atoms with van der Waals surface area (Å²) >= 11 is 5.89.